The van der Waals surface area contributed by atoms with Gasteiger partial charge in [0, 0.05) is 43.3 Å². The summed E-state index contributed by atoms with van der Waals surface area (Å²) in [5.41, 5.74) is 0.968. The van der Waals surface area contributed by atoms with Crippen molar-refractivity contribution in [1.82, 2.24) is 10.6 Å². The van der Waals surface area contributed by atoms with E-state index in [1.807, 2.05) is 25.3 Å². The van der Waals surface area contributed by atoms with Crippen LogP contribution in [0.4, 0.5) is 5.69 Å². The van der Waals surface area contributed by atoms with Gasteiger partial charge in [0.05, 0.1) is 18.9 Å². The number of carbonyl (C=O) groups is 1. The topological polar surface area (TPSA) is 154 Å². The number of phenols is 2. The number of aromatic hydroxyl groups is 2. The molecule has 6 unspecified atom stereocenters. The molecule has 11 heteroatoms. The number of rotatable bonds is 15. The molecule has 2 aromatic carbocycles. The fourth-order valence-corrected chi connectivity index (χ4v) is 12.3. The van der Waals surface area contributed by atoms with E-state index in [9.17, 15) is 15.3 Å². The number of hydrogen-bond donors (Lipinski definition) is 6. The smallest absolute Gasteiger partial charge is 0.207 e. The highest BCUT2D eigenvalue weighted by molar-refractivity contribution is 5.97. The molecule has 0 aromatic heterocycles. The molecule has 350 valence electrons. The molecule has 2 aromatic rings. The number of methoxy groups -OCH3 is 1. The van der Waals surface area contributed by atoms with Gasteiger partial charge in [-0.2, -0.15) is 0 Å². The van der Waals surface area contributed by atoms with E-state index in [0.717, 1.165) is 127 Å². The summed E-state index contributed by atoms with van der Waals surface area (Å²) < 4.78 is 18.8. The molecule has 1 spiro atoms. The molecule has 11 nitrogen and oxygen atoms in total. The molecule has 7 rings (SSSR count). The van der Waals surface area contributed by atoms with Crippen molar-refractivity contribution in [3.8, 4) is 35.0 Å². The highest BCUT2D eigenvalue weighted by Gasteiger charge is 2.49. The first-order valence-corrected chi connectivity index (χ1v) is 24.7. The van der Waals surface area contributed by atoms with Crippen molar-refractivity contribution in [3.63, 3.8) is 0 Å². The van der Waals surface area contributed by atoms with E-state index < -0.39 is 17.3 Å². The fourth-order valence-electron chi connectivity index (χ4n) is 12.3. The Bertz CT molecular complexity index is 2010. The molecule has 0 radical (unpaired) electrons. The number of unbranched alkanes of at least 4 members (excludes halogenated alkanes) is 2. The van der Waals surface area contributed by atoms with Crippen LogP contribution in [0.15, 0.2) is 47.5 Å². The normalized spacial score (nSPS) is 28.3. The number of nitrogens with one attached hydrogen (secondary N) is 3. The Kier molecular flexibility index (Phi) is 16.3. The second-order valence-corrected chi connectivity index (χ2v) is 19.8. The lowest BCUT2D eigenvalue weighted by Gasteiger charge is -2.39. The third kappa shape index (κ3) is 10.9. The summed E-state index contributed by atoms with van der Waals surface area (Å²) in [6, 6.07) is 12.7. The molecule has 5 aliphatic rings. The van der Waals surface area contributed by atoms with E-state index in [-0.39, 0.29) is 46.6 Å². The summed E-state index contributed by atoms with van der Waals surface area (Å²) in [6.45, 7) is 2.82. The zero-order valence-corrected chi connectivity index (χ0v) is 39.1. The number of allylic oxidation sites excluding steroid dienone is 2. The minimum absolute atomic E-state index is 0.0170. The second kappa shape index (κ2) is 21.8. The number of ketones is 1. The lowest BCUT2D eigenvalue weighted by molar-refractivity contribution is -0.152. The van der Waals surface area contributed by atoms with E-state index in [4.69, 9.17) is 14.2 Å². The van der Waals surface area contributed by atoms with Gasteiger partial charge in [0.2, 0.25) is 5.96 Å². The maximum atomic E-state index is 15.1. The number of benzene rings is 2. The number of guanidine groups is 1. The highest BCUT2D eigenvalue weighted by Crippen LogP contribution is 2.54. The molecule has 0 amide bonds. The molecule has 6 N–H and O–H groups in total. The van der Waals surface area contributed by atoms with Crippen molar-refractivity contribution < 1.29 is 34.3 Å². The third-order valence-electron chi connectivity index (χ3n) is 15.7. The molecule has 1 aliphatic heterocycles. The molecule has 6 atom stereocenters. The first kappa shape index (κ1) is 47.7. The van der Waals surface area contributed by atoms with Crippen molar-refractivity contribution in [2.24, 2.45) is 28.2 Å². The summed E-state index contributed by atoms with van der Waals surface area (Å²) in [6.07, 6.45) is 23.9. The van der Waals surface area contributed by atoms with E-state index in [1.54, 1.807) is 20.2 Å². The Balaban J connectivity index is 1.27. The van der Waals surface area contributed by atoms with E-state index in [0.29, 0.717) is 49.0 Å². The molecule has 0 saturated heterocycles. The maximum Gasteiger partial charge on any atom is 0.207 e. The Morgan fingerprint density at radius 3 is 2.53 bits per heavy atom. The molecule has 4 aliphatic carbocycles. The summed E-state index contributed by atoms with van der Waals surface area (Å²) in [5.74, 6) is 5.13. The average Bonchev–Trinajstić information content (AvgIpc) is 4.05. The zero-order chi connectivity index (χ0) is 45.2. The summed E-state index contributed by atoms with van der Waals surface area (Å²) in [5, 5.41) is 43.7. The van der Waals surface area contributed by atoms with Crippen molar-refractivity contribution in [3.05, 3.63) is 53.6 Å². The summed E-state index contributed by atoms with van der Waals surface area (Å²) in [4.78, 5) is 19.7. The van der Waals surface area contributed by atoms with Crippen molar-refractivity contribution >= 4 is 17.4 Å². The number of hydrogen-bond acceptors (Lipinski definition) is 9. The van der Waals surface area contributed by atoms with Gasteiger partial charge in [-0.1, -0.05) is 82.8 Å². The standard InChI is InChI=1S/C53H76N4O7/c1-5-6-8-15-40-21-23-47(59)53(35-37-20-22-44(58)45(30-37)62-4)27-13-16-39(53)17-14-29-56-50(55-3)57-43-32-41(52(40)25-11-12-26-52)33-46(49(43)61)64-51(36-54-2)28-24-38(34-51)31-48(60)63-42-18-9-7-10-19-42/h20-23,30,32-33,38-40,42,48,54,58,60-61H,5-13,15-19,24-28,31,34-36H2,1-4H3,(H2,55,56,57). The van der Waals surface area contributed by atoms with Gasteiger partial charge in [-0.05, 0) is 137 Å². The molecular formula is C53H76N4O7. The van der Waals surface area contributed by atoms with Gasteiger partial charge in [-0.3, -0.25) is 15.1 Å². The minimum Gasteiger partial charge on any atom is -0.504 e. The van der Waals surface area contributed by atoms with Crippen LogP contribution in [0.5, 0.6) is 23.0 Å². The number of nitrogens with zero attached hydrogens (tertiary/aromatic N) is 1. The van der Waals surface area contributed by atoms with Crippen LogP contribution in [-0.4, -0.2) is 72.8 Å². The number of aliphatic hydroxyl groups excluding tert-OH is 1. The Labute approximate surface area is 382 Å². The largest absolute Gasteiger partial charge is 0.504 e. The van der Waals surface area contributed by atoms with Crippen LogP contribution in [0.1, 0.15) is 153 Å². The quantitative estimate of drug-likeness (QED) is 0.0441. The fraction of sp³-hybridized carbons (Fsp3) is 0.660. The van der Waals surface area contributed by atoms with E-state index in [1.165, 1.54) is 6.42 Å². The SMILES string of the molecule is CCCCCC1C=CC(=O)C2(Cc3ccc(O)c(OC)c3)CCCC2CC#CNC(=NC)Nc2cc(cc(OC3(CNC)CCC(CC(O)OC4CCCCC4)C3)c2O)C12CCCC2. The second-order valence-electron chi connectivity index (χ2n) is 19.8. The van der Waals surface area contributed by atoms with Crippen LogP contribution in [-0.2, 0) is 21.4 Å². The van der Waals surface area contributed by atoms with Crippen LogP contribution in [0.2, 0.25) is 0 Å². The third-order valence-corrected chi connectivity index (χ3v) is 15.7. The van der Waals surface area contributed by atoms with Gasteiger partial charge >= 0.3 is 0 Å². The minimum atomic E-state index is -0.800. The van der Waals surface area contributed by atoms with Gasteiger partial charge in [0.1, 0.15) is 5.60 Å². The lowest BCUT2D eigenvalue weighted by atomic mass is 9.65. The first-order chi connectivity index (χ1) is 31.1. The monoisotopic (exact) mass is 881 g/mol. The zero-order valence-electron chi connectivity index (χ0n) is 39.1. The number of likely N-dealkylation sites (N-methyl/N-ethyl adjacent to an activating group) is 1. The summed E-state index contributed by atoms with van der Waals surface area (Å²) in [7, 11) is 5.19. The molecule has 2 bridgehead atoms. The number of fused-ring (bicyclic) bond motifs is 4. The predicted molar refractivity (Wildman–Crippen MR) is 254 cm³/mol. The molecule has 1 heterocycles. The van der Waals surface area contributed by atoms with Gasteiger partial charge in [-0.15, -0.1) is 0 Å². The molecule has 4 saturated carbocycles. The Morgan fingerprint density at radius 1 is 0.969 bits per heavy atom. The van der Waals surface area contributed by atoms with Crippen molar-refractivity contribution in [2.45, 2.75) is 172 Å². The highest BCUT2D eigenvalue weighted by atomic mass is 16.6. The predicted octanol–water partition coefficient (Wildman–Crippen LogP) is 9.82. The van der Waals surface area contributed by atoms with Crippen molar-refractivity contribution in [1.29, 1.82) is 0 Å². The number of aliphatic hydroxyl groups is 1. The van der Waals surface area contributed by atoms with Gasteiger partial charge < -0.3 is 40.2 Å². The van der Waals surface area contributed by atoms with E-state index in [2.05, 4.69) is 58.0 Å². The van der Waals surface area contributed by atoms with Crippen LogP contribution in [0.3, 0.4) is 0 Å². The van der Waals surface area contributed by atoms with Crippen LogP contribution >= 0.6 is 0 Å². The van der Waals surface area contributed by atoms with Crippen LogP contribution < -0.4 is 25.4 Å². The number of carbonyl (C=O) groups excluding carboxylic acids is 1. The van der Waals surface area contributed by atoms with Gasteiger partial charge in [0.25, 0.3) is 0 Å². The molecule has 4 fully saturated rings. The van der Waals surface area contributed by atoms with E-state index >= 15 is 4.79 Å². The number of aliphatic imine (C=N–C) groups is 1. The van der Waals surface area contributed by atoms with Crippen LogP contribution in [0.25, 0.3) is 0 Å². The van der Waals surface area contributed by atoms with Crippen molar-refractivity contribution in [2.75, 3.05) is 33.1 Å². The summed E-state index contributed by atoms with van der Waals surface area (Å²) >= 11 is 0. The van der Waals surface area contributed by atoms with Gasteiger partial charge in [-0.25, -0.2) is 0 Å². The molecular weight excluding hydrogens is 805 g/mol. The first-order valence-electron chi connectivity index (χ1n) is 24.7. The lowest BCUT2D eigenvalue weighted by Crippen LogP contribution is -2.43. The van der Waals surface area contributed by atoms with Gasteiger partial charge in [0.15, 0.2) is 35.1 Å². The number of phenolic OH excluding ortho intramolecular Hbond substituents is 2. The number of anilines is 1. The maximum absolute atomic E-state index is 15.1. The average molecular weight is 881 g/mol. The van der Waals surface area contributed by atoms with Crippen LogP contribution in [0, 0.1) is 35.1 Å². The Morgan fingerprint density at radius 2 is 1.78 bits per heavy atom. The Hall–Kier alpha value is -4.24. The number of ether oxygens (including phenoxy) is 3. The molecule has 64 heavy (non-hydrogen) atoms.